The fourth-order valence-corrected chi connectivity index (χ4v) is 2.63. The van der Waals surface area contributed by atoms with Crippen LogP contribution in [-0.2, 0) is 9.47 Å². The number of nitrogens with zero attached hydrogens (tertiary/aromatic N) is 1. The predicted octanol–water partition coefficient (Wildman–Crippen LogP) is 1.33. The second kappa shape index (κ2) is 7.02. The van der Waals surface area contributed by atoms with Gasteiger partial charge in [0, 0.05) is 18.2 Å². The third-order valence-corrected chi connectivity index (χ3v) is 4.01. The van der Waals surface area contributed by atoms with Crippen molar-refractivity contribution in [3.63, 3.8) is 0 Å². The van der Waals surface area contributed by atoms with Crippen LogP contribution in [0.4, 0.5) is 4.39 Å². The molecule has 2 heterocycles. The summed E-state index contributed by atoms with van der Waals surface area (Å²) < 4.78 is 25.9. The Morgan fingerprint density at radius 2 is 2.08 bits per heavy atom. The Labute approximate surface area is 142 Å². The Kier molecular flexibility index (Phi) is 4.80. The summed E-state index contributed by atoms with van der Waals surface area (Å²) in [6.45, 7) is 1.28. The van der Waals surface area contributed by atoms with E-state index in [1.165, 1.54) is 13.1 Å². The lowest BCUT2D eigenvalue weighted by molar-refractivity contribution is -0.0440. The Hall–Kier alpha value is -2.74. The van der Waals surface area contributed by atoms with Crippen LogP contribution in [0.5, 0.6) is 0 Å². The van der Waals surface area contributed by atoms with Gasteiger partial charge >= 0.3 is 11.7 Å². The Bertz CT molecular complexity index is 877. The first-order chi connectivity index (χ1) is 12.0. The highest BCUT2D eigenvalue weighted by molar-refractivity contribution is 5.89. The van der Waals surface area contributed by atoms with Crippen LogP contribution in [0, 0.1) is 6.92 Å². The number of nitrogens with one attached hydrogen (secondary N) is 1. The zero-order valence-electron chi connectivity index (χ0n) is 13.5. The number of carbonyl (C=O) groups excluding carboxylic acids is 1. The van der Waals surface area contributed by atoms with Gasteiger partial charge < -0.3 is 9.47 Å². The zero-order chi connectivity index (χ0) is 18.0. The van der Waals surface area contributed by atoms with Crippen molar-refractivity contribution in [1.82, 2.24) is 9.55 Å². The van der Waals surface area contributed by atoms with E-state index in [1.54, 1.807) is 30.3 Å². The van der Waals surface area contributed by atoms with Crippen molar-refractivity contribution in [3.05, 3.63) is 68.5 Å². The van der Waals surface area contributed by atoms with Gasteiger partial charge in [-0.25, -0.2) is 14.0 Å². The molecule has 0 radical (unpaired) electrons. The number of benzene rings is 1. The standard InChI is InChI=1S/C17H17FN2O5/c1-10-8-20(17(23)19-15(10)21)14-7-12(18)13(25-14)9-24-16(22)11-5-3-2-4-6-11/h2-6,8,12-14H,7,9H2,1H3,(H,19,21,23)/t12-,13+,14-/m0/s1. The van der Waals surface area contributed by atoms with Crippen LogP contribution >= 0.6 is 0 Å². The Morgan fingerprint density at radius 3 is 2.80 bits per heavy atom. The van der Waals surface area contributed by atoms with Crippen LogP contribution in [0.2, 0.25) is 0 Å². The number of ether oxygens (including phenoxy) is 2. The van der Waals surface area contributed by atoms with Crippen molar-refractivity contribution in [2.24, 2.45) is 0 Å². The van der Waals surface area contributed by atoms with Gasteiger partial charge in [-0.05, 0) is 19.1 Å². The van der Waals surface area contributed by atoms with Crippen LogP contribution in [0.15, 0.2) is 46.1 Å². The molecule has 2 aromatic rings. The molecule has 8 heteroatoms. The zero-order valence-corrected chi connectivity index (χ0v) is 13.5. The summed E-state index contributed by atoms with van der Waals surface area (Å²) in [5.41, 5.74) is -0.489. The topological polar surface area (TPSA) is 90.4 Å². The number of aromatic amines is 1. The summed E-state index contributed by atoms with van der Waals surface area (Å²) in [6, 6.07) is 8.35. The van der Waals surface area contributed by atoms with Crippen LogP contribution in [0.3, 0.4) is 0 Å². The van der Waals surface area contributed by atoms with Gasteiger partial charge in [-0.15, -0.1) is 0 Å². The van der Waals surface area contributed by atoms with Crippen LogP contribution < -0.4 is 11.2 Å². The maximum absolute atomic E-state index is 14.2. The molecule has 0 unspecified atom stereocenters. The Balaban J connectivity index is 1.66. The third kappa shape index (κ3) is 3.69. The van der Waals surface area contributed by atoms with Gasteiger partial charge in [0.15, 0.2) is 0 Å². The Morgan fingerprint density at radius 1 is 1.36 bits per heavy atom. The normalized spacial score (nSPS) is 22.7. The van der Waals surface area contributed by atoms with E-state index in [-0.39, 0.29) is 13.0 Å². The highest BCUT2D eigenvalue weighted by atomic mass is 19.1. The highest BCUT2D eigenvalue weighted by Crippen LogP contribution is 2.30. The number of esters is 1. The number of aryl methyl sites for hydroxylation is 1. The lowest BCUT2D eigenvalue weighted by Crippen LogP contribution is -2.33. The van der Waals surface area contributed by atoms with Gasteiger partial charge in [0.05, 0.1) is 5.56 Å². The van der Waals surface area contributed by atoms with Crippen molar-refractivity contribution in [2.75, 3.05) is 6.61 Å². The van der Waals surface area contributed by atoms with Gasteiger partial charge in [0.2, 0.25) is 0 Å². The fraction of sp³-hybridized carbons (Fsp3) is 0.353. The number of halogens is 1. The molecular formula is C17H17FN2O5. The van der Waals surface area contributed by atoms with E-state index in [4.69, 9.17) is 9.47 Å². The van der Waals surface area contributed by atoms with Crippen molar-refractivity contribution in [2.45, 2.75) is 31.8 Å². The molecule has 0 spiro atoms. The molecule has 7 nitrogen and oxygen atoms in total. The minimum absolute atomic E-state index is 0.0705. The number of hydrogen-bond acceptors (Lipinski definition) is 5. The van der Waals surface area contributed by atoms with Gasteiger partial charge in [0.25, 0.3) is 5.56 Å². The van der Waals surface area contributed by atoms with Crippen molar-refractivity contribution in [3.8, 4) is 0 Å². The average molecular weight is 348 g/mol. The second-order valence-electron chi connectivity index (χ2n) is 5.82. The molecule has 25 heavy (non-hydrogen) atoms. The summed E-state index contributed by atoms with van der Waals surface area (Å²) in [5, 5.41) is 0. The molecule has 1 aliphatic rings. The molecule has 1 fully saturated rings. The fourth-order valence-electron chi connectivity index (χ4n) is 2.63. The third-order valence-electron chi connectivity index (χ3n) is 4.01. The summed E-state index contributed by atoms with van der Waals surface area (Å²) in [6.07, 6.45) is -1.97. The minimum atomic E-state index is -1.40. The molecule has 0 bridgehead atoms. The maximum atomic E-state index is 14.2. The quantitative estimate of drug-likeness (QED) is 0.842. The van der Waals surface area contributed by atoms with Crippen LogP contribution in [0.1, 0.15) is 28.6 Å². The molecule has 3 rings (SSSR count). The van der Waals surface area contributed by atoms with Gasteiger partial charge in [-0.1, -0.05) is 18.2 Å². The SMILES string of the molecule is Cc1cn([C@@H]2C[C@H](F)[C@@H](COC(=O)c3ccccc3)O2)c(=O)[nH]c1=O. The van der Waals surface area contributed by atoms with Crippen molar-refractivity contribution in [1.29, 1.82) is 0 Å². The number of aromatic nitrogens is 2. The molecule has 1 saturated heterocycles. The molecule has 132 valence electrons. The first-order valence-electron chi connectivity index (χ1n) is 7.79. The number of carbonyl (C=O) groups is 1. The van der Waals surface area contributed by atoms with Crippen molar-refractivity contribution >= 4 is 5.97 Å². The summed E-state index contributed by atoms with van der Waals surface area (Å²) in [7, 11) is 0. The lowest BCUT2D eigenvalue weighted by Gasteiger charge is -2.16. The van der Waals surface area contributed by atoms with E-state index in [0.29, 0.717) is 11.1 Å². The van der Waals surface area contributed by atoms with E-state index >= 15 is 0 Å². The summed E-state index contributed by atoms with van der Waals surface area (Å²) >= 11 is 0. The molecule has 1 aliphatic heterocycles. The maximum Gasteiger partial charge on any atom is 0.338 e. The molecule has 0 amide bonds. The number of rotatable bonds is 4. The molecule has 0 saturated carbocycles. The van der Waals surface area contributed by atoms with Gasteiger partial charge in [0.1, 0.15) is 25.1 Å². The highest BCUT2D eigenvalue weighted by Gasteiger charge is 2.37. The number of H-pyrrole nitrogens is 1. The predicted molar refractivity (Wildman–Crippen MR) is 86.2 cm³/mol. The van der Waals surface area contributed by atoms with Crippen LogP contribution in [-0.4, -0.2) is 34.4 Å². The van der Waals surface area contributed by atoms with Gasteiger partial charge in [-0.2, -0.15) is 0 Å². The molecule has 1 N–H and O–H groups in total. The molecule has 1 aromatic heterocycles. The average Bonchev–Trinajstić information content (AvgIpc) is 2.97. The monoisotopic (exact) mass is 348 g/mol. The summed E-state index contributed by atoms with van der Waals surface area (Å²) in [4.78, 5) is 37.3. The smallest absolute Gasteiger partial charge is 0.338 e. The van der Waals surface area contributed by atoms with Crippen LogP contribution in [0.25, 0.3) is 0 Å². The molecule has 0 aliphatic carbocycles. The van der Waals surface area contributed by atoms with Gasteiger partial charge in [-0.3, -0.25) is 14.3 Å². The van der Waals surface area contributed by atoms with E-state index in [1.807, 2.05) is 0 Å². The van der Waals surface area contributed by atoms with Crippen molar-refractivity contribution < 1.29 is 18.7 Å². The number of hydrogen-bond donors (Lipinski definition) is 1. The van der Waals surface area contributed by atoms with E-state index in [9.17, 15) is 18.8 Å². The largest absolute Gasteiger partial charge is 0.459 e. The minimum Gasteiger partial charge on any atom is -0.459 e. The molecular weight excluding hydrogens is 331 g/mol. The number of alkyl halides is 1. The lowest BCUT2D eigenvalue weighted by atomic mass is 10.2. The molecule has 1 aromatic carbocycles. The summed E-state index contributed by atoms with van der Waals surface area (Å²) in [5.74, 6) is -0.572. The first-order valence-corrected chi connectivity index (χ1v) is 7.79. The van der Waals surface area contributed by atoms with E-state index < -0.39 is 35.7 Å². The molecule has 3 atom stereocenters. The second-order valence-corrected chi connectivity index (χ2v) is 5.82. The first kappa shape index (κ1) is 17.1. The van der Waals surface area contributed by atoms with E-state index in [0.717, 1.165) is 4.57 Å². The van der Waals surface area contributed by atoms with E-state index in [2.05, 4.69) is 4.98 Å².